The van der Waals surface area contributed by atoms with Crippen molar-refractivity contribution in [2.45, 2.75) is 56.8 Å². The molecule has 1 atom stereocenters. The first kappa shape index (κ1) is 23.8. The number of carbonyl (C=O) groups excluding carboxylic acids is 2. The molecule has 2 aliphatic rings. The van der Waals surface area contributed by atoms with Crippen LogP contribution in [-0.4, -0.2) is 65.0 Å². The largest absolute Gasteiger partial charge is 0.465 e. The third-order valence-corrected chi connectivity index (χ3v) is 7.06. The predicted molar refractivity (Wildman–Crippen MR) is 127 cm³/mol. The average molecular weight is 474 g/mol. The van der Waals surface area contributed by atoms with Crippen molar-refractivity contribution in [1.82, 2.24) is 14.5 Å². The summed E-state index contributed by atoms with van der Waals surface area (Å²) >= 11 is 1.28. The molecule has 1 unspecified atom stereocenters. The Bertz CT molecular complexity index is 1080. The Labute approximate surface area is 197 Å². The fraction of sp³-hybridized carbons (Fsp3) is 0.583. The number of thioether (sulfide) groups is 1. The van der Waals surface area contributed by atoms with E-state index in [4.69, 9.17) is 14.5 Å². The number of esters is 1. The van der Waals surface area contributed by atoms with Crippen molar-refractivity contribution in [3.63, 3.8) is 0 Å². The molecule has 8 nitrogen and oxygen atoms in total. The molecular weight excluding hydrogens is 442 g/mol. The van der Waals surface area contributed by atoms with Gasteiger partial charge in [-0.3, -0.25) is 14.2 Å². The molecule has 2 heterocycles. The molecule has 1 saturated heterocycles. The summed E-state index contributed by atoms with van der Waals surface area (Å²) in [7, 11) is 1.32. The van der Waals surface area contributed by atoms with Gasteiger partial charge in [-0.2, -0.15) is 0 Å². The van der Waals surface area contributed by atoms with Gasteiger partial charge in [0.25, 0.3) is 5.56 Å². The number of ether oxygens (including phenoxy) is 2. The van der Waals surface area contributed by atoms with Crippen LogP contribution in [0.2, 0.25) is 0 Å². The maximum atomic E-state index is 13.4. The molecule has 0 radical (unpaired) electrons. The van der Waals surface area contributed by atoms with E-state index in [-0.39, 0.29) is 23.3 Å². The Kier molecular flexibility index (Phi) is 7.70. The first-order valence-corrected chi connectivity index (χ1v) is 12.6. The normalized spacial score (nSPS) is 17.9. The molecule has 1 aliphatic carbocycles. The summed E-state index contributed by atoms with van der Waals surface area (Å²) in [6, 6.07) is 4.76. The van der Waals surface area contributed by atoms with E-state index in [0.29, 0.717) is 40.7 Å². The van der Waals surface area contributed by atoms with Gasteiger partial charge in [0.05, 0.1) is 42.0 Å². The van der Waals surface area contributed by atoms with Gasteiger partial charge in [0.1, 0.15) is 0 Å². The number of hydrogen-bond acceptors (Lipinski definition) is 7. The molecule has 9 heteroatoms. The van der Waals surface area contributed by atoms with Gasteiger partial charge in [-0.05, 0) is 56.2 Å². The topological polar surface area (TPSA) is 90.7 Å². The van der Waals surface area contributed by atoms with Crippen molar-refractivity contribution in [3.8, 4) is 0 Å². The number of hydrogen-bond donors (Lipinski definition) is 0. The number of benzene rings is 1. The monoisotopic (exact) mass is 473 g/mol. The quantitative estimate of drug-likeness (QED) is 0.297. The molecule has 1 aromatic heterocycles. The lowest BCUT2D eigenvalue weighted by Gasteiger charge is -2.22. The lowest BCUT2D eigenvalue weighted by atomic mass is 10.1. The van der Waals surface area contributed by atoms with Crippen LogP contribution < -0.4 is 5.56 Å². The zero-order chi connectivity index (χ0) is 23.4. The Morgan fingerprint density at radius 1 is 1.30 bits per heavy atom. The van der Waals surface area contributed by atoms with Gasteiger partial charge in [-0.1, -0.05) is 18.7 Å². The van der Waals surface area contributed by atoms with E-state index in [9.17, 15) is 14.4 Å². The Morgan fingerprint density at radius 3 is 2.79 bits per heavy atom. The van der Waals surface area contributed by atoms with E-state index in [1.165, 1.54) is 31.7 Å². The highest BCUT2D eigenvalue weighted by Crippen LogP contribution is 2.30. The molecule has 0 spiro atoms. The zero-order valence-corrected chi connectivity index (χ0v) is 20.1. The van der Waals surface area contributed by atoms with E-state index >= 15 is 0 Å². The maximum absolute atomic E-state index is 13.4. The minimum atomic E-state index is -0.484. The third-order valence-electron chi connectivity index (χ3n) is 6.10. The predicted octanol–water partition coefficient (Wildman–Crippen LogP) is 3.10. The highest BCUT2D eigenvalue weighted by atomic mass is 32.2. The van der Waals surface area contributed by atoms with Crippen LogP contribution in [0.5, 0.6) is 0 Å². The zero-order valence-electron chi connectivity index (χ0n) is 19.2. The summed E-state index contributed by atoms with van der Waals surface area (Å²) in [4.78, 5) is 44.9. The van der Waals surface area contributed by atoms with Crippen molar-refractivity contribution < 1.29 is 19.1 Å². The molecule has 178 valence electrons. The summed E-state index contributed by atoms with van der Waals surface area (Å²) in [5, 5.41) is 0.902. The maximum Gasteiger partial charge on any atom is 0.337 e. The highest BCUT2D eigenvalue weighted by Gasteiger charge is 2.27. The van der Waals surface area contributed by atoms with Gasteiger partial charge in [0.15, 0.2) is 5.16 Å². The first-order chi connectivity index (χ1) is 16.0. The summed E-state index contributed by atoms with van der Waals surface area (Å²) in [5.74, 6) is 0.420. The minimum Gasteiger partial charge on any atom is -0.465 e. The molecule has 1 amide bonds. The summed E-state index contributed by atoms with van der Waals surface area (Å²) in [5.41, 5.74) is 0.564. The van der Waals surface area contributed by atoms with Crippen molar-refractivity contribution in [2.75, 3.05) is 32.6 Å². The molecule has 0 bridgehead atoms. The minimum absolute atomic E-state index is 0.0437. The van der Waals surface area contributed by atoms with Crippen molar-refractivity contribution in [1.29, 1.82) is 0 Å². The number of fused-ring (bicyclic) bond motifs is 1. The number of carbonyl (C=O) groups is 2. The van der Waals surface area contributed by atoms with Crippen molar-refractivity contribution in [3.05, 3.63) is 34.1 Å². The standard InChI is InChI=1S/C24H31N3O5S/c1-3-10-26(13-16-6-7-16)21(28)15-33-24-25-20-12-17(23(30)31-2)8-9-19(20)22(29)27(24)14-18-5-4-11-32-18/h8-9,12,16,18H,3-7,10-11,13-15H2,1-2H3. The Balaban J connectivity index is 1.63. The van der Waals surface area contributed by atoms with E-state index in [0.717, 1.165) is 32.4 Å². The van der Waals surface area contributed by atoms with Gasteiger partial charge >= 0.3 is 5.97 Å². The second-order valence-corrected chi connectivity index (χ2v) is 9.68. The van der Waals surface area contributed by atoms with E-state index in [1.54, 1.807) is 22.8 Å². The fourth-order valence-corrected chi connectivity index (χ4v) is 5.04. The molecular formula is C24H31N3O5S. The van der Waals surface area contributed by atoms with Gasteiger partial charge in [-0.25, -0.2) is 9.78 Å². The number of aromatic nitrogens is 2. The lowest BCUT2D eigenvalue weighted by molar-refractivity contribution is -0.128. The van der Waals surface area contributed by atoms with Crippen LogP contribution >= 0.6 is 11.8 Å². The molecule has 1 aromatic carbocycles. The second kappa shape index (κ2) is 10.7. The SMILES string of the molecule is CCCN(CC1CC1)C(=O)CSc1nc2cc(C(=O)OC)ccc2c(=O)n1CC1CCCO1. The smallest absolute Gasteiger partial charge is 0.337 e. The van der Waals surface area contributed by atoms with E-state index in [1.807, 2.05) is 4.90 Å². The van der Waals surface area contributed by atoms with E-state index < -0.39 is 5.97 Å². The summed E-state index contributed by atoms with van der Waals surface area (Å²) < 4.78 is 12.2. The molecule has 1 saturated carbocycles. The van der Waals surface area contributed by atoms with Gasteiger partial charge < -0.3 is 14.4 Å². The van der Waals surface area contributed by atoms with Gasteiger partial charge in [-0.15, -0.1) is 0 Å². The van der Waals surface area contributed by atoms with Crippen LogP contribution in [0, 0.1) is 5.92 Å². The number of methoxy groups -OCH3 is 1. The van der Waals surface area contributed by atoms with Crippen LogP contribution in [-0.2, 0) is 20.8 Å². The van der Waals surface area contributed by atoms with Gasteiger partial charge in [0, 0.05) is 19.7 Å². The number of rotatable bonds is 10. The number of amides is 1. The summed E-state index contributed by atoms with van der Waals surface area (Å²) in [6.07, 6.45) is 5.11. The Hall–Kier alpha value is -2.39. The summed E-state index contributed by atoms with van der Waals surface area (Å²) in [6.45, 7) is 4.72. The molecule has 1 aliphatic heterocycles. The van der Waals surface area contributed by atoms with Crippen LogP contribution in [0.25, 0.3) is 10.9 Å². The van der Waals surface area contributed by atoms with Crippen LogP contribution in [0.4, 0.5) is 0 Å². The van der Waals surface area contributed by atoms with Crippen molar-refractivity contribution >= 4 is 34.5 Å². The van der Waals surface area contributed by atoms with Gasteiger partial charge in [0.2, 0.25) is 5.91 Å². The fourth-order valence-electron chi connectivity index (χ4n) is 4.13. The highest BCUT2D eigenvalue weighted by molar-refractivity contribution is 7.99. The lowest BCUT2D eigenvalue weighted by Crippen LogP contribution is -2.35. The first-order valence-electron chi connectivity index (χ1n) is 11.6. The van der Waals surface area contributed by atoms with Crippen LogP contribution in [0.3, 0.4) is 0 Å². The molecule has 2 fully saturated rings. The van der Waals surface area contributed by atoms with Crippen LogP contribution in [0.15, 0.2) is 28.2 Å². The molecule has 33 heavy (non-hydrogen) atoms. The second-order valence-electron chi connectivity index (χ2n) is 8.74. The van der Waals surface area contributed by atoms with E-state index in [2.05, 4.69) is 6.92 Å². The Morgan fingerprint density at radius 2 is 2.12 bits per heavy atom. The molecule has 2 aromatic rings. The van der Waals surface area contributed by atoms with Crippen LogP contribution in [0.1, 0.15) is 49.4 Å². The molecule has 0 N–H and O–H groups in total. The molecule has 4 rings (SSSR count). The van der Waals surface area contributed by atoms with Crippen molar-refractivity contribution in [2.24, 2.45) is 5.92 Å². The third kappa shape index (κ3) is 5.76. The average Bonchev–Trinajstić information content (AvgIpc) is 3.49. The number of nitrogens with zero attached hydrogens (tertiary/aromatic N) is 3.